The zero-order valence-electron chi connectivity index (χ0n) is 23.1. The molecule has 2 unspecified atom stereocenters. The van der Waals surface area contributed by atoms with E-state index in [1.165, 1.54) is 64.2 Å². The summed E-state index contributed by atoms with van der Waals surface area (Å²) in [7, 11) is -9.24. The Morgan fingerprint density at radius 3 is 1.03 bits per heavy atom. The van der Waals surface area contributed by atoms with Crippen molar-refractivity contribution in [2.75, 3.05) is 13.2 Å². The third-order valence-corrected chi connectivity index (χ3v) is 8.74. The molecule has 0 spiro atoms. The van der Waals surface area contributed by atoms with Crippen LogP contribution in [-0.4, -0.2) is 23.0 Å². The lowest BCUT2D eigenvalue weighted by Crippen LogP contribution is -2.00. The van der Waals surface area contributed by atoms with Crippen LogP contribution >= 0.6 is 15.6 Å². The summed E-state index contributed by atoms with van der Waals surface area (Å²) in [6.07, 6.45) is 20.1. The topological polar surface area (TPSA) is 102 Å². The molecule has 0 radical (unpaired) electrons. The summed E-state index contributed by atoms with van der Waals surface area (Å²) in [4.78, 5) is 19.4. The van der Waals surface area contributed by atoms with Gasteiger partial charge < -0.3 is 9.79 Å². The van der Waals surface area contributed by atoms with Crippen LogP contribution in [0.4, 0.5) is 0 Å². The molecule has 0 aromatic heterocycles. The second-order valence-electron chi connectivity index (χ2n) is 10.7. The van der Waals surface area contributed by atoms with E-state index in [4.69, 9.17) is 9.05 Å². The first-order chi connectivity index (χ1) is 16.5. The Morgan fingerprint density at radius 2 is 0.743 bits per heavy atom. The van der Waals surface area contributed by atoms with Crippen LogP contribution in [0.15, 0.2) is 0 Å². The normalized spacial score (nSPS) is 15.5. The number of unbranched alkanes of at least 4 members (excludes halogenated alkanes) is 14. The van der Waals surface area contributed by atoms with Gasteiger partial charge in [-0.15, -0.1) is 0 Å². The number of hydrogen-bond acceptors (Lipinski definition) is 5. The van der Waals surface area contributed by atoms with E-state index in [1.807, 2.05) is 0 Å². The Labute approximate surface area is 216 Å². The van der Waals surface area contributed by atoms with Gasteiger partial charge in [-0.2, -0.15) is 4.31 Å². The minimum atomic E-state index is -4.62. The molecule has 0 aromatic carbocycles. The molecular weight excluding hydrogens is 486 g/mol. The Kier molecular flexibility index (Phi) is 22.4. The summed E-state index contributed by atoms with van der Waals surface area (Å²) < 4.78 is 37.9. The molecule has 7 nitrogen and oxygen atoms in total. The summed E-state index contributed by atoms with van der Waals surface area (Å²) in [5, 5.41) is 0. The predicted octanol–water partition coefficient (Wildman–Crippen LogP) is 9.57. The molecule has 35 heavy (non-hydrogen) atoms. The van der Waals surface area contributed by atoms with E-state index < -0.39 is 15.6 Å². The first-order valence-electron chi connectivity index (χ1n) is 14.2. The van der Waals surface area contributed by atoms with Gasteiger partial charge in [0.15, 0.2) is 0 Å². The minimum Gasteiger partial charge on any atom is -0.302 e. The van der Waals surface area contributed by atoms with Gasteiger partial charge in [-0.3, -0.25) is 9.05 Å². The van der Waals surface area contributed by atoms with E-state index >= 15 is 0 Å². The van der Waals surface area contributed by atoms with E-state index in [0.717, 1.165) is 50.4 Å². The first-order valence-corrected chi connectivity index (χ1v) is 17.2. The van der Waals surface area contributed by atoms with Gasteiger partial charge in [0.25, 0.3) is 0 Å². The zero-order chi connectivity index (χ0) is 26.4. The Bertz CT molecular complexity index is 522. The molecule has 0 aliphatic rings. The highest BCUT2D eigenvalue weighted by molar-refractivity contribution is 7.61. The monoisotopic (exact) mass is 542 g/mol. The fourth-order valence-electron chi connectivity index (χ4n) is 3.97. The van der Waals surface area contributed by atoms with Crippen LogP contribution in [0, 0.1) is 11.8 Å². The molecular formula is C26H56O7P2. The van der Waals surface area contributed by atoms with Crippen LogP contribution < -0.4 is 0 Å². The highest BCUT2D eigenvalue weighted by Crippen LogP contribution is 2.60. The van der Waals surface area contributed by atoms with Crippen molar-refractivity contribution in [1.82, 2.24) is 0 Å². The quantitative estimate of drug-likeness (QED) is 0.0828. The third-order valence-electron chi connectivity index (χ3n) is 6.07. The van der Waals surface area contributed by atoms with Crippen molar-refractivity contribution in [3.63, 3.8) is 0 Å². The van der Waals surface area contributed by atoms with Crippen molar-refractivity contribution in [1.29, 1.82) is 0 Å². The molecule has 0 amide bonds. The SMILES string of the molecule is CC(C)CCCCCCCCCCOP(=O)(O)OP(=O)(O)OCCCCCCCCCCC(C)C. The Hall–Kier alpha value is 0.260. The molecule has 0 saturated heterocycles. The standard InChI is InChI=1S/C26H56O7P2/c1-25(2)21-17-13-9-5-7-11-15-19-23-31-34(27,28)33-35(29,30)32-24-20-16-12-8-6-10-14-18-22-26(3)4/h25-26H,5-24H2,1-4H3,(H,27,28)(H,29,30). The number of phosphoric ester groups is 2. The third kappa shape index (κ3) is 27.1. The maximum absolute atomic E-state index is 11.9. The summed E-state index contributed by atoms with van der Waals surface area (Å²) in [6.45, 7) is 9.04. The van der Waals surface area contributed by atoms with Crippen molar-refractivity contribution in [2.24, 2.45) is 11.8 Å². The lowest BCUT2D eigenvalue weighted by atomic mass is 10.0. The van der Waals surface area contributed by atoms with Gasteiger partial charge in [-0.1, -0.05) is 130 Å². The van der Waals surface area contributed by atoms with E-state index in [-0.39, 0.29) is 13.2 Å². The molecule has 0 heterocycles. The van der Waals surface area contributed by atoms with Gasteiger partial charge in [0.1, 0.15) is 0 Å². The van der Waals surface area contributed by atoms with E-state index in [9.17, 15) is 18.9 Å². The maximum atomic E-state index is 11.9. The van der Waals surface area contributed by atoms with Crippen molar-refractivity contribution in [2.45, 2.75) is 143 Å². The smallest absolute Gasteiger partial charge is 0.302 e. The summed E-state index contributed by atoms with van der Waals surface area (Å²) in [5.74, 6) is 1.56. The molecule has 0 fully saturated rings. The molecule has 2 N–H and O–H groups in total. The van der Waals surface area contributed by atoms with Crippen LogP contribution in [0.3, 0.4) is 0 Å². The highest BCUT2D eigenvalue weighted by Gasteiger charge is 2.34. The molecule has 0 saturated carbocycles. The fraction of sp³-hybridized carbons (Fsp3) is 1.00. The van der Waals surface area contributed by atoms with Crippen LogP contribution in [0.2, 0.25) is 0 Å². The molecule has 0 bridgehead atoms. The molecule has 0 rings (SSSR count). The molecule has 0 aliphatic carbocycles. The maximum Gasteiger partial charge on any atom is 0.481 e. The fourth-order valence-corrected chi connectivity index (χ4v) is 6.11. The summed E-state index contributed by atoms with van der Waals surface area (Å²) >= 11 is 0. The molecule has 212 valence electrons. The molecule has 0 aromatic rings. The van der Waals surface area contributed by atoms with Crippen molar-refractivity contribution < 1.29 is 32.3 Å². The zero-order valence-corrected chi connectivity index (χ0v) is 24.9. The number of hydrogen-bond donors (Lipinski definition) is 2. The van der Waals surface area contributed by atoms with Gasteiger partial charge >= 0.3 is 15.6 Å². The van der Waals surface area contributed by atoms with Crippen LogP contribution in [0.25, 0.3) is 0 Å². The van der Waals surface area contributed by atoms with E-state index in [0.29, 0.717) is 12.8 Å². The average Bonchev–Trinajstić information content (AvgIpc) is 2.74. The van der Waals surface area contributed by atoms with Gasteiger partial charge in [0, 0.05) is 0 Å². The van der Waals surface area contributed by atoms with Crippen LogP contribution in [-0.2, 0) is 22.5 Å². The van der Waals surface area contributed by atoms with Gasteiger partial charge in [-0.05, 0) is 24.7 Å². The second-order valence-corrected chi connectivity index (χ2v) is 13.8. The summed E-state index contributed by atoms with van der Waals surface area (Å²) in [5.41, 5.74) is 0. The predicted molar refractivity (Wildman–Crippen MR) is 145 cm³/mol. The van der Waals surface area contributed by atoms with Crippen molar-refractivity contribution in [3.05, 3.63) is 0 Å². The number of phosphoric acid groups is 2. The van der Waals surface area contributed by atoms with E-state index in [2.05, 4.69) is 32.0 Å². The Morgan fingerprint density at radius 1 is 0.486 bits per heavy atom. The molecule has 9 heteroatoms. The second kappa shape index (κ2) is 22.3. The number of rotatable bonds is 26. The van der Waals surface area contributed by atoms with Crippen LogP contribution in [0.1, 0.15) is 143 Å². The summed E-state index contributed by atoms with van der Waals surface area (Å²) in [6, 6.07) is 0. The molecule has 2 atom stereocenters. The van der Waals surface area contributed by atoms with Gasteiger partial charge in [-0.25, -0.2) is 9.13 Å². The average molecular weight is 543 g/mol. The lowest BCUT2D eigenvalue weighted by Gasteiger charge is -2.16. The largest absolute Gasteiger partial charge is 0.481 e. The van der Waals surface area contributed by atoms with Crippen molar-refractivity contribution in [3.8, 4) is 0 Å². The highest BCUT2D eigenvalue weighted by atomic mass is 31.3. The molecule has 0 aliphatic heterocycles. The lowest BCUT2D eigenvalue weighted by molar-refractivity contribution is 0.151. The van der Waals surface area contributed by atoms with Gasteiger partial charge in [0.2, 0.25) is 0 Å². The Balaban J connectivity index is 3.65. The van der Waals surface area contributed by atoms with Crippen LogP contribution in [0.5, 0.6) is 0 Å². The minimum absolute atomic E-state index is 0.0135. The van der Waals surface area contributed by atoms with Gasteiger partial charge in [0.05, 0.1) is 13.2 Å². The van der Waals surface area contributed by atoms with Crippen molar-refractivity contribution >= 4 is 15.6 Å². The first kappa shape index (κ1) is 35.3. The van der Waals surface area contributed by atoms with E-state index in [1.54, 1.807) is 0 Å².